The lowest BCUT2D eigenvalue weighted by Crippen LogP contribution is -2.19. The highest BCUT2D eigenvalue weighted by Gasteiger charge is 2.14. The molecule has 0 bridgehead atoms. The summed E-state index contributed by atoms with van der Waals surface area (Å²) in [6.45, 7) is 0. The van der Waals surface area contributed by atoms with Crippen LogP contribution in [0.2, 0.25) is 0 Å². The molecule has 0 aromatic carbocycles. The summed E-state index contributed by atoms with van der Waals surface area (Å²) in [5, 5.41) is 2.70. The summed E-state index contributed by atoms with van der Waals surface area (Å²) in [6, 6.07) is 0. The Balaban J connectivity index is 2.41. The van der Waals surface area contributed by atoms with Crippen molar-refractivity contribution in [1.82, 2.24) is 9.97 Å². The zero-order chi connectivity index (χ0) is 7.68. The number of anilines is 1. The standard InChI is InChI=1S/C7H7N3O/c11-7-2-1-5-6(10-7)3-8-4-9-5/h3-4H,1-2H2,(H,10,11). The lowest BCUT2D eigenvalue weighted by molar-refractivity contribution is -0.116. The predicted octanol–water partition coefficient (Wildman–Crippen LogP) is 0.361. The number of carbonyl (C=O) groups excluding carboxylic acids is 1. The van der Waals surface area contributed by atoms with Gasteiger partial charge < -0.3 is 5.32 Å². The fraction of sp³-hybridized carbons (Fsp3) is 0.286. The maximum absolute atomic E-state index is 10.9. The maximum atomic E-state index is 10.9. The predicted molar refractivity (Wildman–Crippen MR) is 39.0 cm³/mol. The minimum atomic E-state index is 0.0484. The molecule has 0 radical (unpaired) electrons. The van der Waals surface area contributed by atoms with Crippen LogP contribution in [0.1, 0.15) is 12.1 Å². The third kappa shape index (κ3) is 1.07. The summed E-state index contributed by atoms with van der Waals surface area (Å²) < 4.78 is 0. The SMILES string of the molecule is O=C1CCc2ncncc2N1. The number of carbonyl (C=O) groups is 1. The summed E-state index contributed by atoms with van der Waals surface area (Å²) in [4.78, 5) is 18.7. The Morgan fingerprint density at radius 2 is 2.36 bits per heavy atom. The number of nitrogens with one attached hydrogen (secondary N) is 1. The van der Waals surface area contributed by atoms with Gasteiger partial charge in [-0.2, -0.15) is 0 Å². The molecule has 2 heterocycles. The third-order valence-electron chi connectivity index (χ3n) is 1.66. The van der Waals surface area contributed by atoms with Crippen LogP contribution < -0.4 is 5.32 Å². The molecule has 1 aliphatic heterocycles. The molecular formula is C7H7N3O. The van der Waals surface area contributed by atoms with Crippen LogP contribution in [0.15, 0.2) is 12.5 Å². The van der Waals surface area contributed by atoms with Crippen molar-refractivity contribution >= 4 is 11.6 Å². The van der Waals surface area contributed by atoms with Crippen LogP contribution in [0.25, 0.3) is 0 Å². The number of hydrogen-bond acceptors (Lipinski definition) is 3. The van der Waals surface area contributed by atoms with E-state index in [1.807, 2.05) is 0 Å². The first-order valence-corrected chi connectivity index (χ1v) is 3.45. The first kappa shape index (κ1) is 6.27. The molecule has 0 saturated carbocycles. The highest BCUT2D eigenvalue weighted by Crippen LogP contribution is 2.17. The van der Waals surface area contributed by atoms with Crippen LogP contribution in [-0.2, 0) is 11.2 Å². The van der Waals surface area contributed by atoms with Crippen molar-refractivity contribution in [2.75, 3.05) is 5.32 Å². The van der Waals surface area contributed by atoms with E-state index < -0.39 is 0 Å². The molecule has 1 amide bonds. The fourth-order valence-electron chi connectivity index (χ4n) is 1.10. The molecule has 1 aliphatic rings. The molecule has 1 N–H and O–H groups in total. The van der Waals surface area contributed by atoms with Crippen LogP contribution in [0.4, 0.5) is 5.69 Å². The minimum absolute atomic E-state index is 0.0484. The fourth-order valence-corrected chi connectivity index (χ4v) is 1.10. The van der Waals surface area contributed by atoms with Crippen molar-refractivity contribution in [2.45, 2.75) is 12.8 Å². The van der Waals surface area contributed by atoms with Crippen LogP contribution >= 0.6 is 0 Å². The Morgan fingerprint density at radius 3 is 3.27 bits per heavy atom. The molecule has 4 nitrogen and oxygen atoms in total. The molecule has 1 aromatic heterocycles. The van der Waals surface area contributed by atoms with Crippen molar-refractivity contribution in [3.05, 3.63) is 18.2 Å². The molecule has 11 heavy (non-hydrogen) atoms. The lowest BCUT2D eigenvalue weighted by Gasteiger charge is -2.13. The second kappa shape index (κ2) is 2.30. The Morgan fingerprint density at radius 1 is 1.45 bits per heavy atom. The van der Waals surface area contributed by atoms with Gasteiger partial charge in [0.15, 0.2) is 0 Å². The number of hydrogen-bond donors (Lipinski definition) is 1. The van der Waals surface area contributed by atoms with E-state index in [1.165, 1.54) is 6.33 Å². The summed E-state index contributed by atoms with van der Waals surface area (Å²) in [5.41, 5.74) is 1.68. The van der Waals surface area contributed by atoms with Gasteiger partial charge >= 0.3 is 0 Å². The Labute approximate surface area is 63.7 Å². The van der Waals surface area contributed by atoms with Gasteiger partial charge in [-0.3, -0.25) is 4.79 Å². The summed E-state index contributed by atoms with van der Waals surface area (Å²) in [5.74, 6) is 0.0484. The molecule has 56 valence electrons. The summed E-state index contributed by atoms with van der Waals surface area (Å²) >= 11 is 0. The normalized spacial score (nSPS) is 15.5. The highest BCUT2D eigenvalue weighted by molar-refractivity contribution is 5.93. The first-order valence-electron chi connectivity index (χ1n) is 3.45. The van der Waals surface area contributed by atoms with Crippen molar-refractivity contribution < 1.29 is 4.79 Å². The Kier molecular flexibility index (Phi) is 1.31. The van der Waals surface area contributed by atoms with Gasteiger partial charge in [0.25, 0.3) is 0 Å². The largest absolute Gasteiger partial charge is 0.323 e. The number of aromatic nitrogens is 2. The minimum Gasteiger partial charge on any atom is -0.323 e. The van der Waals surface area contributed by atoms with Crippen LogP contribution in [0.3, 0.4) is 0 Å². The number of aryl methyl sites for hydroxylation is 1. The molecule has 4 heteroatoms. The average molecular weight is 149 g/mol. The van der Waals surface area contributed by atoms with E-state index in [-0.39, 0.29) is 5.91 Å². The maximum Gasteiger partial charge on any atom is 0.224 e. The van der Waals surface area contributed by atoms with E-state index >= 15 is 0 Å². The van der Waals surface area contributed by atoms with Crippen LogP contribution in [-0.4, -0.2) is 15.9 Å². The van der Waals surface area contributed by atoms with Gasteiger partial charge in [-0.15, -0.1) is 0 Å². The average Bonchev–Trinajstić information content (AvgIpc) is 2.04. The molecule has 0 atom stereocenters. The molecule has 0 spiro atoms. The number of amides is 1. The number of fused-ring (bicyclic) bond motifs is 1. The second-order valence-electron chi connectivity index (χ2n) is 2.43. The molecule has 1 aromatic rings. The molecule has 0 aliphatic carbocycles. The molecule has 2 rings (SSSR count). The van der Waals surface area contributed by atoms with E-state index in [0.29, 0.717) is 6.42 Å². The van der Waals surface area contributed by atoms with Gasteiger partial charge in [0.05, 0.1) is 17.6 Å². The second-order valence-corrected chi connectivity index (χ2v) is 2.43. The summed E-state index contributed by atoms with van der Waals surface area (Å²) in [6.07, 6.45) is 4.38. The first-order chi connectivity index (χ1) is 5.36. The quantitative estimate of drug-likeness (QED) is 0.579. The van der Waals surface area contributed by atoms with Gasteiger partial charge in [-0.1, -0.05) is 0 Å². The number of rotatable bonds is 0. The lowest BCUT2D eigenvalue weighted by atomic mass is 10.1. The van der Waals surface area contributed by atoms with E-state index in [0.717, 1.165) is 17.8 Å². The van der Waals surface area contributed by atoms with Crippen molar-refractivity contribution in [1.29, 1.82) is 0 Å². The Bertz CT molecular complexity index is 297. The number of nitrogens with zero attached hydrogens (tertiary/aromatic N) is 2. The summed E-state index contributed by atoms with van der Waals surface area (Å²) in [7, 11) is 0. The van der Waals surface area contributed by atoms with Crippen LogP contribution in [0.5, 0.6) is 0 Å². The topological polar surface area (TPSA) is 54.9 Å². The van der Waals surface area contributed by atoms with E-state index in [1.54, 1.807) is 6.20 Å². The van der Waals surface area contributed by atoms with Gasteiger partial charge in [-0.25, -0.2) is 9.97 Å². The third-order valence-corrected chi connectivity index (χ3v) is 1.66. The van der Waals surface area contributed by atoms with Crippen LogP contribution in [0, 0.1) is 0 Å². The molecule has 0 saturated heterocycles. The Hall–Kier alpha value is -1.45. The van der Waals surface area contributed by atoms with Crippen molar-refractivity contribution in [3.63, 3.8) is 0 Å². The molecular weight excluding hydrogens is 142 g/mol. The van der Waals surface area contributed by atoms with E-state index in [4.69, 9.17) is 0 Å². The monoisotopic (exact) mass is 149 g/mol. The van der Waals surface area contributed by atoms with Crippen molar-refractivity contribution in [2.24, 2.45) is 0 Å². The zero-order valence-corrected chi connectivity index (χ0v) is 5.87. The van der Waals surface area contributed by atoms with E-state index in [2.05, 4.69) is 15.3 Å². The van der Waals surface area contributed by atoms with E-state index in [9.17, 15) is 4.79 Å². The van der Waals surface area contributed by atoms with Gasteiger partial charge in [0.2, 0.25) is 5.91 Å². The zero-order valence-electron chi connectivity index (χ0n) is 5.87. The smallest absolute Gasteiger partial charge is 0.224 e. The van der Waals surface area contributed by atoms with Gasteiger partial charge in [0, 0.05) is 12.8 Å². The van der Waals surface area contributed by atoms with Crippen molar-refractivity contribution in [3.8, 4) is 0 Å². The van der Waals surface area contributed by atoms with Gasteiger partial charge in [0.1, 0.15) is 6.33 Å². The molecule has 0 fully saturated rings. The van der Waals surface area contributed by atoms with Gasteiger partial charge in [-0.05, 0) is 0 Å². The highest BCUT2D eigenvalue weighted by atomic mass is 16.1. The molecule has 0 unspecified atom stereocenters.